The number of hydrogen-bond donors (Lipinski definition) is 1. The lowest BCUT2D eigenvalue weighted by molar-refractivity contribution is -0.113. The topological polar surface area (TPSA) is 101 Å². The number of sulfone groups is 1. The number of halogens is 4. The van der Waals surface area contributed by atoms with Crippen molar-refractivity contribution in [2.75, 3.05) is 36.9 Å². The summed E-state index contributed by atoms with van der Waals surface area (Å²) in [5, 5.41) is 0. The number of benzene rings is 2. The molecule has 13 heteroatoms. The van der Waals surface area contributed by atoms with Gasteiger partial charge < -0.3 is 4.90 Å². The quantitative estimate of drug-likeness (QED) is 0.396. The number of sulfonamides is 1. The fraction of sp³-hybridized carbons (Fsp3) is 0.346. The van der Waals surface area contributed by atoms with Gasteiger partial charge in [0.2, 0.25) is 10.0 Å². The molecule has 0 radical (unpaired) electrons. The molecule has 0 spiro atoms. The van der Waals surface area contributed by atoms with Gasteiger partial charge in [0, 0.05) is 36.8 Å². The van der Waals surface area contributed by atoms with E-state index in [0.717, 1.165) is 24.3 Å². The molecule has 0 aromatic heterocycles. The SMILES string of the molecule is O=C1/C(=C/c2ccc(F)c(F)c2)CC(NS(=O)(=O)CCN2CCS(=O)(=O)CC2)C/C1=C\c1ccc(F)c(F)c1. The molecule has 39 heavy (non-hydrogen) atoms. The third-order valence-electron chi connectivity index (χ3n) is 6.54. The number of ketones is 1. The van der Waals surface area contributed by atoms with E-state index in [9.17, 15) is 39.2 Å². The molecule has 2 aromatic rings. The third-order valence-corrected chi connectivity index (χ3v) is 9.57. The average molecular weight is 587 g/mol. The zero-order valence-electron chi connectivity index (χ0n) is 20.7. The molecule has 1 heterocycles. The largest absolute Gasteiger partial charge is 0.300 e. The fourth-order valence-corrected chi connectivity index (χ4v) is 7.04. The molecule has 2 aliphatic rings. The van der Waals surface area contributed by atoms with Gasteiger partial charge in [0.25, 0.3) is 0 Å². The Hall–Kier alpha value is -2.87. The van der Waals surface area contributed by atoms with Crippen LogP contribution < -0.4 is 4.72 Å². The molecule has 4 rings (SSSR count). The Bertz CT molecular complexity index is 1470. The summed E-state index contributed by atoms with van der Waals surface area (Å²) >= 11 is 0. The Labute approximate surface area is 224 Å². The molecule has 0 atom stereocenters. The van der Waals surface area contributed by atoms with Gasteiger partial charge >= 0.3 is 0 Å². The van der Waals surface area contributed by atoms with E-state index < -0.39 is 55.0 Å². The van der Waals surface area contributed by atoms with Gasteiger partial charge in [-0.1, -0.05) is 12.1 Å². The first kappa shape index (κ1) is 29.1. The number of Topliss-reactive ketones (excluding diaryl/α,β-unsaturated/α-hetero) is 1. The average Bonchev–Trinajstić information content (AvgIpc) is 2.85. The van der Waals surface area contributed by atoms with Crippen molar-refractivity contribution < 1.29 is 39.2 Å². The molecule has 1 saturated heterocycles. The van der Waals surface area contributed by atoms with E-state index in [1.807, 2.05) is 0 Å². The molecular formula is C26H26F4N2O5S2. The normalized spacial score (nSPS) is 22.5. The first-order valence-corrected chi connectivity index (χ1v) is 15.6. The zero-order valence-corrected chi connectivity index (χ0v) is 22.3. The van der Waals surface area contributed by atoms with Crippen molar-refractivity contribution in [1.29, 1.82) is 0 Å². The second-order valence-electron chi connectivity index (χ2n) is 9.55. The summed E-state index contributed by atoms with van der Waals surface area (Å²) in [5.41, 5.74) is 0.617. The van der Waals surface area contributed by atoms with Gasteiger partial charge in [-0.2, -0.15) is 0 Å². The van der Waals surface area contributed by atoms with Crippen LogP contribution in [0.3, 0.4) is 0 Å². The molecule has 1 saturated carbocycles. The first-order valence-electron chi connectivity index (χ1n) is 12.1. The van der Waals surface area contributed by atoms with E-state index in [0.29, 0.717) is 0 Å². The number of carbonyl (C=O) groups excluding carboxylic acids is 1. The summed E-state index contributed by atoms with van der Waals surface area (Å²) in [6.45, 7) is 0.585. The van der Waals surface area contributed by atoms with Crippen LogP contribution in [0.2, 0.25) is 0 Å². The smallest absolute Gasteiger partial charge is 0.213 e. The van der Waals surface area contributed by atoms with Crippen LogP contribution in [0.4, 0.5) is 17.6 Å². The van der Waals surface area contributed by atoms with E-state index in [1.165, 1.54) is 24.3 Å². The van der Waals surface area contributed by atoms with E-state index in [1.54, 1.807) is 4.90 Å². The molecule has 2 fully saturated rings. The highest BCUT2D eigenvalue weighted by Crippen LogP contribution is 2.30. The second-order valence-corrected chi connectivity index (χ2v) is 13.7. The molecule has 0 unspecified atom stereocenters. The van der Waals surface area contributed by atoms with Gasteiger partial charge in [-0.25, -0.2) is 39.1 Å². The number of rotatable bonds is 7. The summed E-state index contributed by atoms with van der Waals surface area (Å²) in [6, 6.07) is 5.36. The molecule has 0 amide bonds. The Kier molecular flexibility index (Phi) is 8.74. The summed E-state index contributed by atoms with van der Waals surface area (Å²) < 4.78 is 106. The van der Waals surface area contributed by atoms with Crippen molar-refractivity contribution in [3.8, 4) is 0 Å². The highest BCUT2D eigenvalue weighted by Gasteiger charge is 2.31. The molecule has 1 N–H and O–H groups in total. The van der Waals surface area contributed by atoms with Gasteiger partial charge in [0.1, 0.15) is 0 Å². The minimum absolute atomic E-state index is 0.0402. The van der Waals surface area contributed by atoms with Crippen LogP contribution in [0.15, 0.2) is 47.5 Å². The predicted molar refractivity (Wildman–Crippen MR) is 139 cm³/mol. The van der Waals surface area contributed by atoms with Gasteiger partial charge in [-0.15, -0.1) is 0 Å². The molecular weight excluding hydrogens is 560 g/mol. The van der Waals surface area contributed by atoms with Crippen molar-refractivity contribution in [2.45, 2.75) is 18.9 Å². The second kappa shape index (κ2) is 11.7. The predicted octanol–water partition coefficient (Wildman–Crippen LogP) is 3.09. The standard InChI is InChI=1S/C26H26F4N2O5S2/c27-22-3-1-17(13-24(22)29)11-19-15-21(16-20(26(19)33)12-18-2-4-23(28)25(30)14-18)31-39(36,37)10-7-32-5-8-38(34,35)9-6-32/h1-4,11-14,21,31H,5-10,15-16H2/b19-11+,20-12+. The summed E-state index contributed by atoms with van der Waals surface area (Å²) in [5.74, 6) is -5.24. The van der Waals surface area contributed by atoms with Crippen LogP contribution >= 0.6 is 0 Å². The van der Waals surface area contributed by atoms with E-state index >= 15 is 0 Å². The molecule has 210 valence electrons. The van der Waals surface area contributed by atoms with Crippen molar-refractivity contribution in [3.63, 3.8) is 0 Å². The molecule has 2 aromatic carbocycles. The maximum atomic E-state index is 13.7. The third kappa shape index (κ3) is 7.84. The molecule has 0 bridgehead atoms. The number of nitrogens with one attached hydrogen (secondary N) is 1. The maximum Gasteiger partial charge on any atom is 0.213 e. The van der Waals surface area contributed by atoms with E-state index in [4.69, 9.17) is 0 Å². The monoisotopic (exact) mass is 586 g/mol. The van der Waals surface area contributed by atoms with Crippen molar-refractivity contribution in [1.82, 2.24) is 9.62 Å². The maximum absolute atomic E-state index is 13.7. The van der Waals surface area contributed by atoms with Crippen LogP contribution in [0.1, 0.15) is 24.0 Å². The van der Waals surface area contributed by atoms with Crippen LogP contribution in [0.5, 0.6) is 0 Å². The van der Waals surface area contributed by atoms with Gasteiger partial charge in [0.15, 0.2) is 38.9 Å². The van der Waals surface area contributed by atoms with Crippen LogP contribution in [-0.2, 0) is 24.7 Å². The summed E-state index contributed by atoms with van der Waals surface area (Å²) in [6.07, 6.45) is 2.57. The molecule has 1 aliphatic heterocycles. The lowest BCUT2D eigenvalue weighted by Crippen LogP contribution is -2.45. The highest BCUT2D eigenvalue weighted by molar-refractivity contribution is 7.91. The minimum atomic E-state index is -3.87. The van der Waals surface area contributed by atoms with Crippen molar-refractivity contribution in [3.05, 3.63) is 81.9 Å². The molecule has 1 aliphatic carbocycles. The lowest BCUT2D eigenvalue weighted by atomic mass is 9.84. The van der Waals surface area contributed by atoms with Crippen LogP contribution in [-0.4, -0.2) is 70.5 Å². The Balaban J connectivity index is 1.56. The summed E-state index contributed by atoms with van der Waals surface area (Å²) in [7, 11) is -6.98. The molecule has 7 nitrogen and oxygen atoms in total. The van der Waals surface area contributed by atoms with Crippen molar-refractivity contribution in [2.24, 2.45) is 0 Å². The fourth-order valence-electron chi connectivity index (χ4n) is 4.47. The Morgan fingerprint density at radius 3 is 1.79 bits per heavy atom. The van der Waals surface area contributed by atoms with E-state index in [-0.39, 0.29) is 72.0 Å². The first-order chi connectivity index (χ1) is 18.3. The number of hydrogen-bond acceptors (Lipinski definition) is 6. The highest BCUT2D eigenvalue weighted by atomic mass is 32.2. The zero-order chi connectivity index (χ0) is 28.4. The Morgan fingerprint density at radius 1 is 0.846 bits per heavy atom. The van der Waals surface area contributed by atoms with Crippen molar-refractivity contribution >= 4 is 37.8 Å². The Morgan fingerprint density at radius 2 is 1.33 bits per heavy atom. The number of nitrogens with zero attached hydrogens (tertiary/aromatic N) is 1. The van der Waals surface area contributed by atoms with Gasteiger partial charge in [-0.3, -0.25) is 4.79 Å². The van der Waals surface area contributed by atoms with Gasteiger partial charge in [-0.05, 0) is 60.4 Å². The minimum Gasteiger partial charge on any atom is -0.300 e. The van der Waals surface area contributed by atoms with Gasteiger partial charge in [0.05, 0.1) is 17.3 Å². The van der Waals surface area contributed by atoms with E-state index in [2.05, 4.69) is 4.72 Å². The lowest BCUT2D eigenvalue weighted by Gasteiger charge is -2.28. The van der Waals surface area contributed by atoms with Crippen LogP contribution in [0, 0.1) is 23.3 Å². The number of carbonyl (C=O) groups is 1. The van der Waals surface area contributed by atoms with Crippen LogP contribution in [0.25, 0.3) is 12.2 Å². The summed E-state index contributed by atoms with van der Waals surface area (Å²) in [4.78, 5) is 15.0.